The lowest BCUT2D eigenvalue weighted by Crippen LogP contribution is -2.38. The second-order valence-corrected chi connectivity index (χ2v) is 54.1. The predicted molar refractivity (Wildman–Crippen MR) is 507 cm³/mol. The number of allylic oxidation sites excluding steroid dienone is 3. The van der Waals surface area contributed by atoms with Crippen molar-refractivity contribution >= 4 is 70.6 Å². The van der Waals surface area contributed by atoms with E-state index in [4.69, 9.17) is 0 Å². The predicted octanol–water partition coefficient (Wildman–Crippen LogP) is 32.1. The third-order valence-corrected chi connectivity index (χ3v) is 49.7. The SMILES string of the molecule is C1=C2CCC(=C1)[C@H]1CC3C[C@H](C1)[C@H]1CC[C@H](CC1)CSC[C@@H]1CC[C@@H](CC1)[C@H]1CC4CC(C1)[C@H]1CC[C@H](CC1)CSC[C@@H]1CC[C@@H](CC1)[C@H]1CC(C[C@H](C1)[C@H]1CC[C@H](CC1)CSC[C@@H]1CC[C@@H](CC1)C1CC(CC(C1)[C@H]1CC[C@H](CC1)CSC[C@@H]1CC[C@H]4CC1)[C@H]1CC[C@H](CC1)CSC2)C1CCC(CC1)CSCC1CCC3CC1. The Morgan fingerprint density at radius 3 is 0.465 bits per heavy atom. The van der Waals surface area contributed by atoms with Gasteiger partial charge < -0.3 is 0 Å². The molecular weight excluding hydrogens is 1490 g/mol. The zero-order chi connectivity index (χ0) is 75.9. The van der Waals surface area contributed by atoms with Crippen molar-refractivity contribution in [2.24, 2.45) is 201 Å². The van der Waals surface area contributed by atoms with Crippen LogP contribution in [0, 0.1) is 201 Å². The average molecular weight is 1670 g/mol. The van der Waals surface area contributed by atoms with Crippen molar-refractivity contribution in [1.82, 2.24) is 0 Å². The molecule has 0 aromatic rings. The molecule has 36 bridgehead atoms. The van der Waals surface area contributed by atoms with Gasteiger partial charge in [-0.25, -0.2) is 0 Å². The van der Waals surface area contributed by atoms with E-state index in [-0.39, 0.29) is 0 Å². The van der Waals surface area contributed by atoms with Gasteiger partial charge in [0.15, 0.2) is 0 Å². The second-order valence-electron chi connectivity index (χ2n) is 47.7. The molecule has 36 saturated heterocycles. The molecule has 6 heteroatoms. The smallest absolute Gasteiger partial charge is 0.0146 e. The van der Waals surface area contributed by atoms with E-state index in [0.717, 1.165) is 201 Å². The maximum Gasteiger partial charge on any atom is 0.0146 e. The van der Waals surface area contributed by atoms with Gasteiger partial charge in [-0.1, -0.05) is 23.3 Å². The van der Waals surface area contributed by atoms with Crippen LogP contribution in [-0.4, -0.2) is 69.0 Å². The Balaban J connectivity index is 0.584. The largest absolute Gasteiger partial charge is 0.161 e. The van der Waals surface area contributed by atoms with Crippen molar-refractivity contribution in [3.8, 4) is 0 Å². The molecule has 52 aliphatic heterocycles. The molecule has 0 nitrogen and oxygen atoms in total. The molecule has 0 aromatic heterocycles. The fourth-order valence-corrected chi connectivity index (χ4v) is 42.6. The van der Waals surface area contributed by atoms with Crippen LogP contribution in [0.2, 0.25) is 0 Å². The highest BCUT2D eigenvalue weighted by molar-refractivity contribution is 8.00. The minimum absolute atomic E-state index is 0.877. The van der Waals surface area contributed by atoms with Crippen molar-refractivity contribution in [3.05, 3.63) is 23.3 Å². The third kappa shape index (κ3) is 22.4. The van der Waals surface area contributed by atoms with Gasteiger partial charge in [-0.3, -0.25) is 0 Å². The third-order valence-electron chi connectivity index (χ3n) is 41.3. The van der Waals surface area contributed by atoms with E-state index in [1.54, 1.807) is 365 Å². The molecule has 0 aromatic carbocycles. The Morgan fingerprint density at radius 1 is 0.149 bits per heavy atom. The summed E-state index contributed by atoms with van der Waals surface area (Å²) in [5.74, 6) is 52.7. The van der Waals surface area contributed by atoms with E-state index < -0.39 is 0 Å². The highest BCUT2D eigenvalue weighted by Crippen LogP contribution is 2.59. The summed E-state index contributed by atoms with van der Waals surface area (Å²) in [5, 5.41) is 0. The molecule has 0 N–H and O–H groups in total. The van der Waals surface area contributed by atoms with Crippen LogP contribution < -0.4 is 0 Å². The molecule has 68 aliphatic rings. The maximum atomic E-state index is 2.80. The fourth-order valence-electron chi connectivity index (χ4n) is 33.9. The van der Waals surface area contributed by atoms with Crippen LogP contribution in [0.3, 0.4) is 0 Å². The molecule has 644 valence electrons. The van der Waals surface area contributed by atoms with E-state index in [1.807, 2.05) is 5.57 Å². The Bertz CT molecular complexity index is 2690. The molecule has 52 heterocycles. The van der Waals surface area contributed by atoms with Crippen LogP contribution in [0.5, 0.6) is 0 Å². The molecule has 0 spiro atoms. The topological polar surface area (TPSA) is 0 Å². The number of thioether (sulfide) groups is 6. The first kappa shape index (κ1) is 85.0. The van der Waals surface area contributed by atoms with E-state index in [1.165, 1.54) is 81.9 Å². The summed E-state index contributed by atoms with van der Waals surface area (Å²) in [6.45, 7) is 0. The van der Waals surface area contributed by atoms with Crippen LogP contribution in [-0.2, 0) is 0 Å². The summed E-state index contributed by atoms with van der Waals surface area (Å²) >= 11 is 14.7. The van der Waals surface area contributed by atoms with Gasteiger partial charge in [0.25, 0.3) is 0 Å². The highest BCUT2D eigenvalue weighted by atomic mass is 32.2. The Morgan fingerprint density at radius 2 is 0.307 bits per heavy atom. The van der Waals surface area contributed by atoms with Gasteiger partial charge in [0.1, 0.15) is 0 Å². The molecule has 15 saturated carbocycles. The monoisotopic (exact) mass is 1670 g/mol. The number of hydrogen-bond acceptors (Lipinski definition) is 6. The van der Waals surface area contributed by atoms with Gasteiger partial charge in [-0.15, -0.1) is 0 Å². The zero-order valence-electron chi connectivity index (χ0n) is 73.7. The molecule has 0 amide bonds. The molecule has 114 heavy (non-hydrogen) atoms. The summed E-state index contributed by atoms with van der Waals surface area (Å²) in [6, 6.07) is 0. The van der Waals surface area contributed by atoms with Gasteiger partial charge in [-0.05, 0) is 637 Å². The minimum atomic E-state index is 0.877. The Hall–Kier alpha value is 1.58. The van der Waals surface area contributed by atoms with E-state index >= 15 is 0 Å². The quantitative estimate of drug-likeness (QED) is 0.235. The lowest BCUT2D eigenvalue weighted by molar-refractivity contribution is 0.0347. The van der Waals surface area contributed by atoms with Crippen molar-refractivity contribution in [2.45, 2.75) is 372 Å². The van der Waals surface area contributed by atoms with Crippen molar-refractivity contribution in [1.29, 1.82) is 0 Å². The van der Waals surface area contributed by atoms with Gasteiger partial charge in [0, 0.05) is 5.75 Å². The van der Waals surface area contributed by atoms with Crippen LogP contribution >= 0.6 is 70.6 Å². The molecule has 7 unspecified atom stereocenters. The molecule has 12 atom stereocenters. The lowest BCUT2D eigenvalue weighted by Gasteiger charge is -2.48. The summed E-state index contributed by atoms with van der Waals surface area (Å²) in [4.78, 5) is 0. The highest BCUT2D eigenvalue weighted by Gasteiger charge is 2.48. The average Bonchev–Trinajstić information content (AvgIpc) is 0.811. The zero-order valence-corrected chi connectivity index (χ0v) is 78.6. The maximum absolute atomic E-state index is 2.80. The van der Waals surface area contributed by atoms with Crippen molar-refractivity contribution in [3.63, 3.8) is 0 Å². The van der Waals surface area contributed by atoms with Crippen LogP contribution in [0.15, 0.2) is 23.3 Å². The molecular formula is C108H176S6. The first-order chi connectivity index (χ1) is 56.3. The number of hydrogen-bond donors (Lipinski definition) is 0. The van der Waals surface area contributed by atoms with Gasteiger partial charge in [-0.2, -0.15) is 70.6 Å². The molecule has 68 rings (SSSR count). The molecule has 0 radical (unpaired) electrons. The van der Waals surface area contributed by atoms with Crippen molar-refractivity contribution in [2.75, 3.05) is 69.0 Å². The second kappa shape index (κ2) is 42.0. The lowest BCUT2D eigenvalue weighted by atomic mass is 9.58. The van der Waals surface area contributed by atoms with E-state index in [9.17, 15) is 0 Å². The van der Waals surface area contributed by atoms with Crippen LogP contribution in [0.1, 0.15) is 372 Å². The normalized spacial score (nSPS) is 49.1. The van der Waals surface area contributed by atoms with Gasteiger partial charge in [0.2, 0.25) is 0 Å². The fraction of sp³-hybridized carbons (Fsp3) is 0.963. The summed E-state index contributed by atoms with van der Waals surface area (Å²) in [7, 11) is 0. The molecule has 16 aliphatic carbocycles. The summed E-state index contributed by atoms with van der Waals surface area (Å²) in [6.07, 6.45) is 97.5. The van der Waals surface area contributed by atoms with Gasteiger partial charge >= 0.3 is 0 Å². The standard InChI is InChI=1S/C108H176S6/c1-25-85-26-2-73(1)61-109-62-74-3-27-88(28-4-74)100-52-101-54-102(53-100)90-35-11-80(12-36-90)68-113-70-82-19-43-94(44-20-82)106-56-104-58-108(60-106)96-47-23-84(24-48-96)72-114-71-83-21-45-95(46-22-83)107-57-103(55-105(59-107)93-41-17-81(18-42-93)69-112-67-79-9-33-89(101)34-10-79)91-37-13-77(14-38-91)65-110-63-75-5-29-86(30-6-75)98-49-97(85)50-99(51-98)87-31-7-76(8-32-87)64-111-66-78-15-39-92(104)40-16-78/h1,25,74-84,86-108H,2-24,26-72H2/t74-,75-,76?,77-,78?,79-,80-,81-,82-,83-,84-,86+,87?,88+,89+,90+,91+,92?,93+,94+,95+,96+,97-,98+,99?,100?,101?,102?,103+,104?,105?,106-,107?,108+/m1/s1. The van der Waals surface area contributed by atoms with E-state index in [0.29, 0.717) is 0 Å². The van der Waals surface area contributed by atoms with Crippen molar-refractivity contribution < 1.29 is 0 Å². The minimum Gasteiger partial charge on any atom is -0.161 e. The summed E-state index contributed by atoms with van der Waals surface area (Å²) < 4.78 is 0. The summed E-state index contributed by atoms with van der Waals surface area (Å²) in [5.41, 5.74) is 3.73. The van der Waals surface area contributed by atoms with Gasteiger partial charge in [0.05, 0.1) is 0 Å². The first-order valence-electron chi connectivity index (χ1n) is 53.1. The molecule has 51 fully saturated rings. The Kier molecular flexibility index (Phi) is 31.3. The Labute approximate surface area is 730 Å². The van der Waals surface area contributed by atoms with Crippen LogP contribution in [0.25, 0.3) is 0 Å². The van der Waals surface area contributed by atoms with Crippen LogP contribution in [0.4, 0.5) is 0 Å². The first-order valence-corrected chi connectivity index (χ1v) is 60.1. The number of rotatable bonds is 0. The van der Waals surface area contributed by atoms with E-state index in [2.05, 4.69) is 82.7 Å².